The van der Waals surface area contributed by atoms with Gasteiger partial charge >= 0.3 is 0 Å². The molecule has 0 saturated heterocycles. The third kappa shape index (κ3) is 10.2. The molecule has 8 heteroatoms. The maximum Gasteiger partial charge on any atom is 0.182 e. The van der Waals surface area contributed by atoms with Gasteiger partial charge in [0.05, 0.1) is 77.4 Å². The zero-order chi connectivity index (χ0) is 87.9. The van der Waals surface area contributed by atoms with Crippen molar-refractivity contribution < 1.29 is 0 Å². The average molecular weight is 1700 g/mol. The summed E-state index contributed by atoms with van der Waals surface area (Å²) in [6, 6.07) is 150. The first kappa shape index (κ1) is 74.3. The molecule has 0 atom stereocenters. The number of rotatable bonds is 9. The highest BCUT2D eigenvalue weighted by Crippen LogP contribution is 2.55. The molecule has 0 saturated carbocycles. The van der Waals surface area contributed by atoms with E-state index < -0.39 is 0 Å². The van der Waals surface area contributed by atoms with Crippen molar-refractivity contribution >= 4 is 142 Å². The van der Waals surface area contributed by atoms with Crippen molar-refractivity contribution in [3.8, 4) is 101 Å². The minimum atomic E-state index is -0.138. The number of hydrogen-bond acceptors (Lipinski definition) is 2. The lowest BCUT2D eigenvalue weighted by Gasteiger charge is -2.22. The summed E-state index contributed by atoms with van der Waals surface area (Å²) in [4.78, 5) is 12.4. The predicted octanol–water partition coefficient (Wildman–Crippen LogP) is 32.1. The van der Waals surface area contributed by atoms with Gasteiger partial charge < -0.3 is 18.3 Å². The lowest BCUT2D eigenvalue weighted by molar-refractivity contribution is 0.660. The van der Waals surface area contributed by atoms with Gasteiger partial charge in [-0.15, -0.1) is 0 Å². The number of para-hydroxylation sites is 7. The summed E-state index contributed by atoms with van der Waals surface area (Å²) >= 11 is 0. The maximum absolute atomic E-state index is 6.27. The van der Waals surface area contributed by atoms with Crippen molar-refractivity contribution in [2.75, 3.05) is 0 Å². The van der Waals surface area contributed by atoms with E-state index in [0.717, 1.165) is 133 Å². The fourth-order valence-electron chi connectivity index (χ4n) is 24.5. The highest BCUT2D eigenvalue weighted by molar-refractivity contribution is 6.18. The molecule has 0 fully saturated rings. The summed E-state index contributed by atoms with van der Waals surface area (Å²) < 4.78 is 14.6. The van der Waals surface area contributed by atoms with Crippen LogP contribution < -0.4 is 0 Å². The van der Waals surface area contributed by atoms with Gasteiger partial charge in [0, 0.05) is 97.9 Å². The molecule has 3 aliphatic rings. The molecule has 0 aliphatic heterocycles. The quantitative estimate of drug-likeness (QED) is 0.145. The molecular weight excluding hydrogens is 1610 g/mol. The Morgan fingerprint density at radius 1 is 0.173 bits per heavy atom. The molecule has 7 aromatic heterocycles. The Morgan fingerprint density at radius 2 is 0.414 bits per heavy atom. The van der Waals surface area contributed by atoms with E-state index in [1.165, 1.54) is 138 Å². The second kappa shape index (κ2) is 26.8. The van der Waals surface area contributed by atoms with Crippen molar-refractivity contribution in [3.63, 3.8) is 0 Å². The van der Waals surface area contributed by atoms with E-state index in [9.17, 15) is 0 Å². The summed E-state index contributed by atoms with van der Waals surface area (Å²) in [6.45, 7) is 14.2. The molecule has 0 N–H and O–H groups in total. The highest BCUT2D eigenvalue weighted by atomic mass is 15.2. The van der Waals surface area contributed by atoms with Gasteiger partial charge in [-0.2, -0.15) is 0 Å². The standard InChI is InChI=1S/C125H84N8/c1-123(2)100-35-16-7-26-82(100)85-55-52-79(70-103(85)123)128-107-39-19-10-29-88(107)94-64-73(46-58-113(94)128)76-49-61-116-97(67-76)91-32-13-22-42-110(91)131(116)119-45-25-38-106-120(119)127-122(133-112-44-24-15-34-93(112)99-69-78(51-63-118(99)133)75-48-60-115-96(66-75)90-31-12-21-41-109(90)130(115)81-54-57-87-84-28-9-18-37-102(84)125(5,6)105(87)72-81)121(126-106)132-111-43-23-14-33-92(111)98-68-77(50-62-117(98)132)74-47-59-114-95(65-74)89-30-11-20-40-108(89)129(114)80-53-56-86-83-27-8-17-36-101(83)124(3,4)104(86)71-80/h7-72H,1-6H3. The minimum Gasteiger partial charge on any atom is -0.309 e. The molecular formula is C125H84N8. The van der Waals surface area contributed by atoms with E-state index in [2.05, 4.69) is 469 Å². The Kier molecular flexibility index (Phi) is 14.9. The van der Waals surface area contributed by atoms with Crippen LogP contribution >= 0.6 is 0 Å². The molecule has 8 nitrogen and oxygen atoms in total. The van der Waals surface area contributed by atoms with Crippen LogP contribution in [0.15, 0.2) is 400 Å². The SMILES string of the molecule is CC1(C)c2ccccc2-c2ccc(-n3c4ccccc4c4cc(-c5ccc6c(c5)c5ccccc5n6-c5nc6cccc(-n7c8ccccc8c8cc(-c9ccc%10c(c9)c9ccccc9n%10-c9ccc%10c(c9)C(C)(C)c9ccccc9-%10)ccc87)c6nc5-n5c6ccccc6c6cc(-c7ccc8c(c7)c7ccccc7n8-c7ccc8c(c7)C(C)(C)c7ccccc7-8)ccc65)ccc43)cc21. The summed E-state index contributed by atoms with van der Waals surface area (Å²) in [5.41, 5.74) is 41.9. The highest BCUT2D eigenvalue weighted by Gasteiger charge is 2.40. The smallest absolute Gasteiger partial charge is 0.182 e. The number of fused-ring (bicyclic) bond motifs is 28. The van der Waals surface area contributed by atoms with Crippen molar-refractivity contribution in [3.05, 3.63) is 434 Å². The Balaban J connectivity index is 0.603. The van der Waals surface area contributed by atoms with Gasteiger partial charge in [0.25, 0.3) is 0 Å². The van der Waals surface area contributed by atoms with Gasteiger partial charge in [-0.05, 0) is 258 Å². The second-order valence-electron chi connectivity index (χ2n) is 38.7. The van der Waals surface area contributed by atoms with Crippen molar-refractivity contribution in [2.24, 2.45) is 0 Å². The van der Waals surface area contributed by atoms with Crippen LogP contribution in [0.5, 0.6) is 0 Å². The topological polar surface area (TPSA) is 55.4 Å². The lowest BCUT2D eigenvalue weighted by atomic mass is 9.82. The van der Waals surface area contributed by atoms with Crippen LogP contribution in [0.25, 0.3) is 243 Å². The molecule has 0 bridgehead atoms. The van der Waals surface area contributed by atoms with Crippen LogP contribution in [0, 0.1) is 0 Å². The predicted molar refractivity (Wildman–Crippen MR) is 555 cm³/mol. The first-order chi connectivity index (χ1) is 65.2. The van der Waals surface area contributed by atoms with Gasteiger partial charge in [-0.25, -0.2) is 9.97 Å². The maximum atomic E-state index is 6.27. The van der Waals surface area contributed by atoms with Crippen molar-refractivity contribution in [1.82, 2.24) is 37.4 Å². The number of aromatic nitrogens is 8. The van der Waals surface area contributed by atoms with Crippen LogP contribution in [0.4, 0.5) is 0 Å². The molecule has 0 unspecified atom stereocenters. The first-order valence-corrected chi connectivity index (χ1v) is 46.5. The van der Waals surface area contributed by atoms with E-state index in [0.29, 0.717) is 5.82 Å². The fraction of sp³-hybridized carbons (Fsp3) is 0.0720. The summed E-state index contributed by atoms with van der Waals surface area (Å²) in [7, 11) is 0. The molecule has 624 valence electrons. The van der Waals surface area contributed by atoms with Gasteiger partial charge in [-0.1, -0.05) is 284 Å². The van der Waals surface area contributed by atoms with Crippen molar-refractivity contribution in [2.45, 2.75) is 57.8 Å². The monoisotopic (exact) mass is 1700 g/mol. The van der Waals surface area contributed by atoms with Crippen LogP contribution in [0.2, 0.25) is 0 Å². The summed E-state index contributed by atoms with van der Waals surface area (Å²) in [5, 5.41) is 14.1. The molecule has 0 spiro atoms. The third-order valence-corrected chi connectivity index (χ3v) is 30.8. The zero-order valence-electron chi connectivity index (χ0n) is 74.2. The largest absolute Gasteiger partial charge is 0.309 e. The van der Waals surface area contributed by atoms with Crippen molar-refractivity contribution in [1.29, 1.82) is 0 Å². The molecule has 26 aromatic rings. The third-order valence-electron chi connectivity index (χ3n) is 30.8. The van der Waals surface area contributed by atoms with Crippen LogP contribution in [-0.4, -0.2) is 37.4 Å². The number of benzene rings is 19. The first-order valence-electron chi connectivity index (χ1n) is 46.5. The van der Waals surface area contributed by atoms with E-state index in [1.807, 2.05) is 0 Å². The van der Waals surface area contributed by atoms with Crippen LogP contribution in [-0.2, 0) is 16.2 Å². The average Bonchev–Trinajstić information content (AvgIpc) is 1.56. The fourth-order valence-corrected chi connectivity index (χ4v) is 24.5. The Morgan fingerprint density at radius 3 is 0.729 bits per heavy atom. The second-order valence-corrected chi connectivity index (χ2v) is 38.7. The van der Waals surface area contributed by atoms with Crippen LogP contribution in [0.1, 0.15) is 74.9 Å². The molecule has 19 aromatic carbocycles. The molecule has 3 aliphatic carbocycles. The zero-order valence-corrected chi connectivity index (χ0v) is 74.2. The van der Waals surface area contributed by atoms with E-state index in [4.69, 9.17) is 9.97 Å². The Labute approximate surface area is 766 Å². The minimum absolute atomic E-state index is 0.129. The van der Waals surface area contributed by atoms with Gasteiger partial charge in [0.15, 0.2) is 11.6 Å². The lowest BCUT2D eigenvalue weighted by Crippen LogP contribution is -2.15. The normalized spacial score (nSPS) is 14.0. The molecule has 29 rings (SSSR count). The molecule has 0 radical (unpaired) electrons. The molecule has 0 amide bonds. The Bertz CT molecular complexity index is 9720. The van der Waals surface area contributed by atoms with E-state index in [-0.39, 0.29) is 16.2 Å². The van der Waals surface area contributed by atoms with Gasteiger partial charge in [-0.3, -0.25) is 9.13 Å². The van der Waals surface area contributed by atoms with E-state index in [1.54, 1.807) is 0 Å². The van der Waals surface area contributed by atoms with E-state index >= 15 is 0 Å². The Hall–Kier alpha value is -16.7. The van der Waals surface area contributed by atoms with Crippen LogP contribution in [0.3, 0.4) is 0 Å². The molecule has 133 heavy (non-hydrogen) atoms. The van der Waals surface area contributed by atoms with Gasteiger partial charge in [0.2, 0.25) is 0 Å². The molecule has 7 heterocycles. The number of nitrogens with zero attached hydrogens (tertiary/aromatic N) is 8. The summed E-state index contributed by atoms with van der Waals surface area (Å²) in [5.74, 6) is 1.43. The van der Waals surface area contributed by atoms with Gasteiger partial charge in [0.1, 0.15) is 5.52 Å². The number of hydrogen-bond donors (Lipinski definition) is 0. The summed E-state index contributed by atoms with van der Waals surface area (Å²) in [6.07, 6.45) is 0.